The van der Waals surface area contributed by atoms with Crippen molar-refractivity contribution in [1.82, 2.24) is 25.1 Å². The minimum absolute atomic E-state index is 0.0272. The van der Waals surface area contributed by atoms with E-state index in [1.54, 1.807) is 17.0 Å². The molecule has 1 aromatic carbocycles. The van der Waals surface area contributed by atoms with E-state index in [1.807, 2.05) is 0 Å². The molecule has 1 aliphatic heterocycles. The molecular formula is C13H15N7O3. The van der Waals surface area contributed by atoms with Crippen LogP contribution in [0, 0.1) is 10.1 Å². The van der Waals surface area contributed by atoms with Crippen LogP contribution in [0.25, 0.3) is 0 Å². The Morgan fingerprint density at radius 3 is 2.43 bits per heavy atom. The van der Waals surface area contributed by atoms with Crippen molar-refractivity contribution >= 4 is 17.3 Å². The highest BCUT2D eigenvalue weighted by Gasteiger charge is 2.22. The smallest absolute Gasteiger partial charge is 0.269 e. The fraction of sp³-hybridized carbons (Fsp3) is 0.385. The normalized spacial score (nSPS) is 14.8. The number of amides is 1. The zero-order chi connectivity index (χ0) is 16.2. The maximum atomic E-state index is 12.1. The molecule has 1 aliphatic rings. The summed E-state index contributed by atoms with van der Waals surface area (Å²) in [6, 6.07) is 6.45. The monoisotopic (exact) mass is 317 g/mol. The number of non-ortho nitro benzene ring substituents is 1. The highest BCUT2D eigenvalue weighted by atomic mass is 16.6. The number of aromatic nitrogens is 4. The number of nitrogens with zero attached hydrogens (tertiary/aromatic N) is 7. The number of carbonyl (C=O) groups excluding carboxylic acids is 1. The van der Waals surface area contributed by atoms with E-state index in [-0.39, 0.29) is 18.1 Å². The van der Waals surface area contributed by atoms with E-state index < -0.39 is 4.92 Å². The molecule has 10 heteroatoms. The Bertz CT molecular complexity index is 678. The summed E-state index contributed by atoms with van der Waals surface area (Å²) >= 11 is 0. The van der Waals surface area contributed by atoms with Crippen LogP contribution in [0.5, 0.6) is 0 Å². The van der Waals surface area contributed by atoms with Crippen molar-refractivity contribution in [3.8, 4) is 0 Å². The van der Waals surface area contributed by atoms with Crippen LogP contribution < -0.4 is 4.90 Å². The highest BCUT2D eigenvalue weighted by molar-refractivity contribution is 5.76. The van der Waals surface area contributed by atoms with Gasteiger partial charge in [-0.1, -0.05) is 0 Å². The predicted octanol–water partition coefficient (Wildman–Crippen LogP) is -0.0699. The van der Waals surface area contributed by atoms with Crippen molar-refractivity contribution < 1.29 is 9.72 Å². The molecule has 23 heavy (non-hydrogen) atoms. The molecule has 1 saturated heterocycles. The van der Waals surface area contributed by atoms with Crippen molar-refractivity contribution in [1.29, 1.82) is 0 Å². The molecule has 0 N–H and O–H groups in total. The van der Waals surface area contributed by atoms with Gasteiger partial charge in [-0.2, -0.15) is 0 Å². The van der Waals surface area contributed by atoms with Crippen LogP contribution in [0.1, 0.15) is 0 Å². The summed E-state index contributed by atoms with van der Waals surface area (Å²) in [6.45, 7) is 2.68. The third-order valence-electron chi connectivity index (χ3n) is 3.75. The Balaban J connectivity index is 1.55. The fourth-order valence-electron chi connectivity index (χ4n) is 2.49. The van der Waals surface area contributed by atoms with Crippen molar-refractivity contribution in [2.75, 3.05) is 31.1 Å². The third-order valence-corrected chi connectivity index (χ3v) is 3.75. The standard InChI is InChI=1S/C13H15N7O3/c21-13(9-19-10-14-15-16-19)18-7-5-17(6-8-18)11-1-3-12(4-2-11)20(22)23/h1-4,10H,5-9H2. The number of tetrazole rings is 1. The number of benzene rings is 1. The number of piperazine rings is 1. The number of rotatable bonds is 4. The molecule has 0 spiro atoms. The predicted molar refractivity (Wildman–Crippen MR) is 79.7 cm³/mol. The van der Waals surface area contributed by atoms with Crippen LogP contribution in [-0.2, 0) is 11.3 Å². The largest absolute Gasteiger partial charge is 0.368 e. The first-order valence-corrected chi connectivity index (χ1v) is 7.11. The molecule has 2 heterocycles. The maximum Gasteiger partial charge on any atom is 0.269 e. The minimum Gasteiger partial charge on any atom is -0.368 e. The van der Waals surface area contributed by atoms with Crippen LogP contribution in [0.4, 0.5) is 11.4 Å². The summed E-state index contributed by atoms with van der Waals surface area (Å²) in [5.74, 6) is -0.0272. The van der Waals surface area contributed by atoms with Gasteiger partial charge in [0.1, 0.15) is 12.9 Å². The second-order valence-electron chi connectivity index (χ2n) is 5.15. The summed E-state index contributed by atoms with van der Waals surface area (Å²) in [5, 5.41) is 21.3. The van der Waals surface area contributed by atoms with E-state index in [1.165, 1.54) is 23.1 Å². The third kappa shape index (κ3) is 3.42. The number of hydrogen-bond acceptors (Lipinski definition) is 7. The van der Waals surface area contributed by atoms with Crippen LogP contribution >= 0.6 is 0 Å². The molecule has 10 nitrogen and oxygen atoms in total. The van der Waals surface area contributed by atoms with Gasteiger partial charge in [0, 0.05) is 44.0 Å². The van der Waals surface area contributed by atoms with Gasteiger partial charge in [0.15, 0.2) is 0 Å². The number of hydrogen-bond donors (Lipinski definition) is 0. The second-order valence-corrected chi connectivity index (χ2v) is 5.15. The molecule has 1 aromatic heterocycles. The van der Waals surface area contributed by atoms with Gasteiger partial charge in [0.2, 0.25) is 5.91 Å². The van der Waals surface area contributed by atoms with Gasteiger partial charge in [0.05, 0.1) is 4.92 Å². The first kappa shape index (κ1) is 14.9. The van der Waals surface area contributed by atoms with E-state index in [4.69, 9.17) is 0 Å². The molecule has 0 aliphatic carbocycles. The van der Waals surface area contributed by atoms with Gasteiger partial charge in [0.25, 0.3) is 5.69 Å². The first-order chi connectivity index (χ1) is 11.1. The molecule has 0 radical (unpaired) electrons. The highest BCUT2D eigenvalue weighted by Crippen LogP contribution is 2.20. The van der Waals surface area contributed by atoms with Gasteiger partial charge in [-0.05, 0) is 22.6 Å². The molecule has 0 saturated carbocycles. The van der Waals surface area contributed by atoms with Gasteiger partial charge in [-0.15, -0.1) is 5.10 Å². The van der Waals surface area contributed by atoms with Gasteiger partial charge in [-0.3, -0.25) is 14.9 Å². The van der Waals surface area contributed by atoms with E-state index >= 15 is 0 Å². The average molecular weight is 317 g/mol. The Morgan fingerprint density at radius 1 is 1.17 bits per heavy atom. The molecule has 1 fully saturated rings. The summed E-state index contributed by atoms with van der Waals surface area (Å²) < 4.78 is 1.39. The molecule has 1 amide bonds. The Hall–Kier alpha value is -3.04. The summed E-state index contributed by atoms with van der Waals surface area (Å²) in [7, 11) is 0. The molecule has 3 rings (SSSR count). The Morgan fingerprint density at radius 2 is 1.87 bits per heavy atom. The first-order valence-electron chi connectivity index (χ1n) is 7.11. The van der Waals surface area contributed by atoms with Crippen LogP contribution in [0.2, 0.25) is 0 Å². The molecule has 0 unspecified atom stereocenters. The molecular weight excluding hydrogens is 302 g/mol. The van der Waals surface area contributed by atoms with Crippen molar-refractivity contribution in [2.24, 2.45) is 0 Å². The van der Waals surface area contributed by atoms with E-state index in [0.29, 0.717) is 26.2 Å². The van der Waals surface area contributed by atoms with Gasteiger partial charge in [-0.25, -0.2) is 4.68 Å². The van der Waals surface area contributed by atoms with E-state index in [9.17, 15) is 14.9 Å². The van der Waals surface area contributed by atoms with E-state index in [0.717, 1.165) is 5.69 Å². The van der Waals surface area contributed by atoms with Crippen LogP contribution in [0.3, 0.4) is 0 Å². The lowest BCUT2D eigenvalue weighted by Crippen LogP contribution is -2.49. The van der Waals surface area contributed by atoms with Crippen LogP contribution in [-0.4, -0.2) is 62.1 Å². The SMILES string of the molecule is O=C(Cn1cnnn1)N1CCN(c2ccc([N+](=O)[O-])cc2)CC1. The lowest BCUT2D eigenvalue weighted by molar-refractivity contribution is -0.384. The van der Waals surface area contributed by atoms with Crippen molar-refractivity contribution in [2.45, 2.75) is 6.54 Å². The Kier molecular flexibility index (Phi) is 4.13. The van der Waals surface area contributed by atoms with Gasteiger partial charge >= 0.3 is 0 Å². The summed E-state index contributed by atoms with van der Waals surface area (Å²) in [4.78, 5) is 26.3. The zero-order valence-electron chi connectivity index (χ0n) is 12.3. The minimum atomic E-state index is -0.417. The fourth-order valence-corrected chi connectivity index (χ4v) is 2.49. The van der Waals surface area contributed by atoms with Crippen LogP contribution in [0.15, 0.2) is 30.6 Å². The lowest BCUT2D eigenvalue weighted by Gasteiger charge is -2.36. The number of nitro groups is 1. The lowest BCUT2D eigenvalue weighted by atomic mass is 10.2. The number of anilines is 1. The topological polar surface area (TPSA) is 110 Å². The quantitative estimate of drug-likeness (QED) is 0.573. The average Bonchev–Trinajstić information content (AvgIpc) is 3.08. The molecule has 2 aromatic rings. The van der Waals surface area contributed by atoms with Crippen molar-refractivity contribution in [3.63, 3.8) is 0 Å². The van der Waals surface area contributed by atoms with E-state index in [2.05, 4.69) is 20.4 Å². The van der Waals surface area contributed by atoms with Gasteiger partial charge < -0.3 is 9.80 Å². The zero-order valence-corrected chi connectivity index (χ0v) is 12.3. The maximum absolute atomic E-state index is 12.1. The molecule has 120 valence electrons. The summed E-state index contributed by atoms with van der Waals surface area (Å²) in [6.07, 6.45) is 1.41. The number of nitro benzene ring substituents is 1. The molecule has 0 atom stereocenters. The van der Waals surface area contributed by atoms with Crippen molar-refractivity contribution in [3.05, 3.63) is 40.7 Å². The second kappa shape index (κ2) is 6.38. The molecule has 0 bridgehead atoms. The summed E-state index contributed by atoms with van der Waals surface area (Å²) in [5.41, 5.74) is 0.993. The Labute approximate surface area is 131 Å². The number of carbonyl (C=O) groups is 1.